The van der Waals surface area contributed by atoms with E-state index in [0.717, 1.165) is 42.8 Å². The zero-order chi connectivity index (χ0) is 37.2. The minimum Gasteiger partial charge on any atom is -0.466 e. The van der Waals surface area contributed by atoms with E-state index in [9.17, 15) is 48.7 Å². The fourth-order valence-corrected chi connectivity index (χ4v) is 9.58. The zero-order valence-corrected chi connectivity index (χ0v) is 28.9. The highest BCUT2D eigenvalue weighted by molar-refractivity contribution is 7.92. The Morgan fingerprint density at radius 1 is 0.824 bits per heavy atom. The molecule has 2 amide bonds. The number of ether oxygens (including phenoxy) is 2. The summed E-state index contributed by atoms with van der Waals surface area (Å²) >= 11 is 0. The summed E-state index contributed by atoms with van der Waals surface area (Å²) in [7, 11) is -4.54. The molecule has 1 unspecified atom stereocenters. The Morgan fingerprint density at radius 3 is 1.96 bits per heavy atom. The van der Waals surface area contributed by atoms with Crippen LogP contribution in [-0.2, 0) is 34.5 Å². The number of urea groups is 1. The number of benzene rings is 2. The molecule has 1 atom stereocenters. The number of hydrogen-bond donors (Lipinski definition) is 0. The molecule has 2 saturated heterocycles. The fourth-order valence-electron chi connectivity index (χ4n) is 7.50. The van der Waals surface area contributed by atoms with E-state index in [0.29, 0.717) is 50.7 Å². The largest absolute Gasteiger partial charge is 0.466 e. The van der Waals surface area contributed by atoms with Gasteiger partial charge in [0, 0.05) is 31.7 Å². The Labute approximate surface area is 292 Å². The maximum Gasteiger partial charge on any atom is 0.430 e. The average molecular weight is 751 g/mol. The number of halogens is 7. The molecule has 2 aromatic rings. The molecular formula is C35H41F7N2O6S. The fraction of sp³-hybridized carbons (Fsp3) is 0.600. The molecule has 3 fully saturated rings. The Kier molecular flexibility index (Phi) is 11.4. The van der Waals surface area contributed by atoms with Crippen LogP contribution in [0.3, 0.4) is 0 Å². The Balaban J connectivity index is 1.49. The monoisotopic (exact) mass is 750 g/mol. The van der Waals surface area contributed by atoms with Crippen molar-refractivity contribution >= 4 is 21.8 Å². The van der Waals surface area contributed by atoms with Crippen molar-refractivity contribution in [3.05, 3.63) is 65.5 Å². The highest BCUT2D eigenvalue weighted by atomic mass is 32.2. The third-order valence-corrected chi connectivity index (χ3v) is 12.9. The number of alkyl halides is 6. The number of hydrogen-bond acceptors (Lipinski definition) is 6. The Bertz CT molecular complexity index is 1620. The third kappa shape index (κ3) is 7.44. The second kappa shape index (κ2) is 14.9. The molecule has 16 heteroatoms. The molecule has 0 N–H and O–H groups in total. The highest BCUT2D eigenvalue weighted by Gasteiger charge is 2.73. The topological polar surface area (TPSA) is 93.2 Å². The van der Waals surface area contributed by atoms with Gasteiger partial charge in [0.05, 0.1) is 24.0 Å². The first kappa shape index (κ1) is 38.8. The second-order valence-electron chi connectivity index (χ2n) is 13.5. The van der Waals surface area contributed by atoms with Crippen molar-refractivity contribution in [2.24, 2.45) is 11.8 Å². The number of likely N-dealkylation sites (tertiary alicyclic amines) is 2. The van der Waals surface area contributed by atoms with Gasteiger partial charge in [-0.15, -0.1) is 0 Å². The smallest absolute Gasteiger partial charge is 0.430 e. The van der Waals surface area contributed by atoms with Crippen LogP contribution in [0.1, 0.15) is 69.4 Å². The molecule has 8 nitrogen and oxygen atoms in total. The average Bonchev–Trinajstić information content (AvgIpc) is 3.56. The van der Waals surface area contributed by atoms with Crippen molar-refractivity contribution in [2.45, 2.75) is 85.9 Å². The van der Waals surface area contributed by atoms with E-state index in [1.165, 1.54) is 9.80 Å². The van der Waals surface area contributed by atoms with Gasteiger partial charge in [0.2, 0.25) is 0 Å². The number of carbonyl (C=O) groups excluding carboxylic acids is 2. The number of sulfone groups is 1. The molecule has 2 aromatic carbocycles. The van der Waals surface area contributed by atoms with E-state index in [4.69, 9.17) is 9.47 Å². The summed E-state index contributed by atoms with van der Waals surface area (Å²) in [4.78, 5) is 28.2. The summed E-state index contributed by atoms with van der Waals surface area (Å²) < 4.78 is 138. The van der Waals surface area contributed by atoms with Crippen LogP contribution in [0.4, 0.5) is 35.5 Å². The van der Waals surface area contributed by atoms with Crippen molar-refractivity contribution in [3.63, 3.8) is 0 Å². The van der Waals surface area contributed by atoms with Crippen molar-refractivity contribution in [1.82, 2.24) is 9.80 Å². The first-order valence-electron chi connectivity index (χ1n) is 17.1. The van der Waals surface area contributed by atoms with E-state index in [1.54, 1.807) is 6.92 Å². The number of rotatable bonds is 9. The third-order valence-electron chi connectivity index (χ3n) is 10.4. The zero-order valence-electron chi connectivity index (χ0n) is 28.1. The van der Waals surface area contributed by atoms with Gasteiger partial charge in [-0.3, -0.25) is 4.79 Å². The van der Waals surface area contributed by atoms with Gasteiger partial charge in [0.25, 0.3) is 5.60 Å². The van der Waals surface area contributed by atoms with Crippen LogP contribution in [0.2, 0.25) is 0 Å². The Hall–Kier alpha value is -3.40. The lowest BCUT2D eigenvalue weighted by Gasteiger charge is -2.39. The molecule has 0 bridgehead atoms. The predicted octanol–water partition coefficient (Wildman–Crippen LogP) is 7.51. The predicted molar refractivity (Wildman–Crippen MR) is 171 cm³/mol. The summed E-state index contributed by atoms with van der Waals surface area (Å²) in [6, 6.07) is 6.32. The molecule has 1 saturated carbocycles. The molecule has 0 spiro atoms. The summed E-state index contributed by atoms with van der Waals surface area (Å²) in [6.07, 6.45) is -8.40. The van der Waals surface area contributed by atoms with Gasteiger partial charge in [-0.05, 0) is 74.8 Å². The number of amides is 2. The minimum atomic E-state index is -5.92. The summed E-state index contributed by atoms with van der Waals surface area (Å²) in [5.41, 5.74) is -6.07. The van der Waals surface area contributed by atoms with Gasteiger partial charge < -0.3 is 19.3 Å². The summed E-state index contributed by atoms with van der Waals surface area (Å²) in [5, 5.41) is 0. The first-order valence-corrected chi connectivity index (χ1v) is 18.5. The number of carbonyl (C=O) groups is 2. The van der Waals surface area contributed by atoms with Gasteiger partial charge in [-0.2, -0.15) is 26.3 Å². The van der Waals surface area contributed by atoms with Crippen molar-refractivity contribution < 1.29 is 58.2 Å². The molecule has 0 radical (unpaired) electrons. The molecule has 2 aliphatic heterocycles. The van der Waals surface area contributed by atoms with Crippen molar-refractivity contribution in [1.29, 1.82) is 0 Å². The Morgan fingerprint density at radius 2 is 1.41 bits per heavy atom. The molecular weight excluding hydrogens is 709 g/mol. The molecule has 0 aromatic heterocycles. The van der Waals surface area contributed by atoms with Gasteiger partial charge in [0.15, 0.2) is 9.84 Å². The molecule has 51 heavy (non-hydrogen) atoms. The number of nitrogens with zero attached hydrogens (tertiary/aromatic N) is 2. The van der Waals surface area contributed by atoms with Crippen LogP contribution in [0, 0.1) is 17.7 Å². The molecule has 282 valence electrons. The van der Waals surface area contributed by atoms with Crippen LogP contribution < -0.4 is 0 Å². The van der Waals surface area contributed by atoms with Gasteiger partial charge in [-0.25, -0.2) is 17.6 Å². The molecule has 5 rings (SSSR count). The second-order valence-corrected chi connectivity index (χ2v) is 15.7. The molecule has 1 aliphatic carbocycles. The lowest BCUT2D eigenvalue weighted by atomic mass is 9.87. The lowest BCUT2D eigenvalue weighted by Crippen LogP contribution is -2.56. The van der Waals surface area contributed by atoms with Crippen molar-refractivity contribution in [2.75, 3.05) is 39.4 Å². The van der Waals surface area contributed by atoms with Gasteiger partial charge in [-0.1, -0.05) is 43.5 Å². The van der Waals surface area contributed by atoms with E-state index in [1.807, 2.05) is 0 Å². The molecule has 3 aliphatic rings. The quantitative estimate of drug-likeness (QED) is 0.150. The van der Waals surface area contributed by atoms with Gasteiger partial charge >= 0.3 is 24.4 Å². The van der Waals surface area contributed by atoms with Crippen LogP contribution in [0.25, 0.3) is 0 Å². The van der Waals surface area contributed by atoms with E-state index >= 15 is 0 Å². The first-order chi connectivity index (χ1) is 24.0. The lowest BCUT2D eigenvalue weighted by molar-refractivity contribution is -0.391. The highest BCUT2D eigenvalue weighted by Crippen LogP contribution is 2.54. The van der Waals surface area contributed by atoms with Crippen LogP contribution in [0.5, 0.6) is 0 Å². The normalized spacial score (nSPS) is 21.6. The minimum absolute atomic E-state index is 0.113. The van der Waals surface area contributed by atoms with E-state index in [-0.39, 0.29) is 49.1 Å². The SMILES string of the molecule is CCOC(=O)C1CCN(C(=O)N2CCC(c3ccc(C(OCC4CCCCC4)(C(F)(F)F)C(F)(F)F)cc3)(S(=O)(=O)c3ccc(F)cc3)C2)CC1. The summed E-state index contributed by atoms with van der Waals surface area (Å²) in [6.45, 7) is 0.893. The number of esters is 1. The maximum atomic E-state index is 14.6. The van der Waals surface area contributed by atoms with E-state index in [2.05, 4.69) is 0 Å². The maximum absolute atomic E-state index is 14.6. The summed E-state index contributed by atoms with van der Waals surface area (Å²) in [5.74, 6) is -2.00. The van der Waals surface area contributed by atoms with E-state index < -0.39 is 74.9 Å². The van der Waals surface area contributed by atoms with Crippen LogP contribution in [-0.4, -0.2) is 82.0 Å². The standard InChI is InChI=1S/C35H41F7N2O6S/c1-2-49-30(45)25-16-19-43(20-17-25)31(46)44-21-18-32(23-44,51(47,48)29-14-12-28(36)13-15-29)26-8-10-27(11-9-26)33(34(37,38)39,35(40,41)42)50-22-24-6-4-3-5-7-24/h8-15,24-25H,2-7,16-23H2,1H3. The van der Waals surface area contributed by atoms with Crippen LogP contribution >= 0.6 is 0 Å². The van der Waals surface area contributed by atoms with Crippen molar-refractivity contribution in [3.8, 4) is 0 Å². The number of piperidine rings is 1. The van der Waals surface area contributed by atoms with Gasteiger partial charge in [0.1, 0.15) is 10.6 Å². The molecule has 2 heterocycles. The van der Waals surface area contributed by atoms with Crippen LogP contribution in [0.15, 0.2) is 53.4 Å².